The molecule has 0 aliphatic carbocycles. The Morgan fingerprint density at radius 3 is 2.05 bits per heavy atom. The smallest absolute Gasteiger partial charge is 0.253 e. The van der Waals surface area contributed by atoms with Gasteiger partial charge in [0.05, 0.1) is 7.05 Å². The number of carbonyl (C=O) groups excluding carboxylic acids is 1. The highest BCUT2D eigenvalue weighted by molar-refractivity contribution is 5.63. The number of imidazole rings is 1. The molecule has 0 radical (unpaired) electrons. The van der Waals surface area contributed by atoms with Gasteiger partial charge in [-0.1, -0.05) is 58.8 Å². The largest absolute Gasteiger partial charge is 0.550 e. The van der Waals surface area contributed by atoms with Crippen LogP contribution in [-0.4, -0.2) is 11.0 Å². The number of nitrogens with zero attached hydrogens (tertiary/aromatic N) is 1. The number of hydrogen-bond acceptors (Lipinski definition) is 2. The van der Waals surface area contributed by atoms with E-state index in [2.05, 4.69) is 23.4 Å². The zero-order chi connectivity index (χ0) is 15.9. The Hall–Kier alpha value is -1.32. The van der Waals surface area contributed by atoms with Gasteiger partial charge >= 0.3 is 0 Å². The van der Waals surface area contributed by atoms with E-state index in [1.807, 2.05) is 19.4 Å². The molecule has 0 saturated carbocycles. The molecular formula is C17H32N2O2. The molecule has 122 valence electrons. The van der Waals surface area contributed by atoms with Gasteiger partial charge < -0.3 is 9.90 Å². The molecule has 0 bridgehead atoms. The van der Waals surface area contributed by atoms with Crippen molar-refractivity contribution in [3.05, 3.63) is 18.2 Å². The van der Waals surface area contributed by atoms with Gasteiger partial charge in [-0.25, -0.2) is 9.55 Å². The Kier molecular flexibility index (Phi) is 12.8. The van der Waals surface area contributed by atoms with Crippen molar-refractivity contribution in [1.29, 1.82) is 0 Å². The lowest BCUT2D eigenvalue weighted by atomic mass is 10.1. The second-order valence-electron chi connectivity index (χ2n) is 5.47. The fraction of sp³-hybridized carbons (Fsp3) is 0.765. The van der Waals surface area contributed by atoms with Gasteiger partial charge in [0.25, 0.3) is 5.82 Å². The van der Waals surface area contributed by atoms with Crippen LogP contribution < -0.4 is 9.67 Å². The number of nitrogens with one attached hydrogen (secondary N) is 1. The van der Waals surface area contributed by atoms with E-state index in [1.54, 1.807) is 0 Å². The summed E-state index contributed by atoms with van der Waals surface area (Å²) in [5.41, 5.74) is 0. The molecule has 0 fully saturated rings. The van der Waals surface area contributed by atoms with Crippen molar-refractivity contribution < 1.29 is 14.5 Å². The molecule has 0 aliphatic heterocycles. The number of rotatable bonds is 10. The average molecular weight is 296 g/mol. The van der Waals surface area contributed by atoms with Crippen LogP contribution in [0.5, 0.6) is 0 Å². The standard InChI is InChI=1S/C11H22O2.C6H10N2/c1-2-3-4-5-6-7-8-9-10-11(12)13;1-3-6-7-4-5-8(6)2/h2-10H2,1H3,(H,12,13);4-5H,3H2,1-2H3. The molecule has 1 rings (SSSR count). The maximum Gasteiger partial charge on any atom is 0.253 e. The Labute approximate surface area is 129 Å². The molecule has 0 spiro atoms. The van der Waals surface area contributed by atoms with Gasteiger partial charge in [-0.3, -0.25) is 0 Å². The van der Waals surface area contributed by atoms with Crippen molar-refractivity contribution in [1.82, 2.24) is 4.98 Å². The number of aliphatic carboxylic acids is 1. The zero-order valence-corrected chi connectivity index (χ0v) is 14.0. The first-order valence-corrected chi connectivity index (χ1v) is 8.33. The third kappa shape index (κ3) is 12.2. The summed E-state index contributed by atoms with van der Waals surface area (Å²) in [6.45, 7) is 4.34. The highest BCUT2D eigenvalue weighted by Crippen LogP contribution is 2.08. The molecule has 0 aliphatic rings. The number of aryl methyl sites for hydroxylation is 2. The number of aromatic nitrogens is 2. The van der Waals surface area contributed by atoms with E-state index >= 15 is 0 Å². The van der Waals surface area contributed by atoms with Gasteiger partial charge in [0.2, 0.25) is 0 Å². The molecule has 1 aromatic heterocycles. The molecule has 1 N–H and O–H groups in total. The molecule has 0 aromatic carbocycles. The fourth-order valence-electron chi connectivity index (χ4n) is 2.19. The predicted octanol–water partition coefficient (Wildman–Crippen LogP) is 2.67. The molecule has 0 unspecified atom stereocenters. The van der Waals surface area contributed by atoms with E-state index in [-0.39, 0.29) is 6.42 Å². The molecule has 1 aromatic rings. The highest BCUT2D eigenvalue weighted by Gasteiger charge is 1.99. The fourth-order valence-corrected chi connectivity index (χ4v) is 2.19. The van der Waals surface area contributed by atoms with Crippen LogP contribution >= 0.6 is 0 Å². The van der Waals surface area contributed by atoms with E-state index in [9.17, 15) is 9.90 Å². The molecule has 4 heteroatoms. The first-order chi connectivity index (χ1) is 10.1. The molecule has 21 heavy (non-hydrogen) atoms. The second kappa shape index (κ2) is 13.7. The zero-order valence-electron chi connectivity index (χ0n) is 14.0. The minimum Gasteiger partial charge on any atom is -0.550 e. The van der Waals surface area contributed by atoms with E-state index in [0.29, 0.717) is 0 Å². The third-order valence-electron chi connectivity index (χ3n) is 3.54. The Balaban J connectivity index is 0.000000423. The van der Waals surface area contributed by atoms with Gasteiger partial charge in [0.15, 0.2) is 0 Å². The summed E-state index contributed by atoms with van der Waals surface area (Å²) in [6, 6.07) is 0. The predicted molar refractivity (Wildman–Crippen MR) is 83.6 cm³/mol. The van der Waals surface area contributed by atoms with Crippen LogP contribution in [0.4, 0.5) is 0 Å². The summed E-state index contributed by atoms with van der Waals surface area (Å²) in [5.74, 6) is 0.357. The first-order valence-electron chi connectivity index (χ1n) is 8.33. The quantitative estimate of drug-likeness (QED) is 0.533. The third-order valence-corrected chi connectivity index (χ3v) is 3.54. The number of hydrogen-bond donors (Lipinski definition) is 1. The number of carbonyl (C=O) groups is 1. The molecule has 1 heterocycles. The summed E-state index contributed by atoms with van der Waals surface area (Å²) in [7, 11) is 2.04. The number of carboxylic acids is 1. The minimum absolute atomic E-state index is 0.231. The van der Waals surface area contributed by atoms with Gasteiger partial charge in [-0.15, -0.1) is 0 Å². The molecule has 0 atom stereocenters. The van der Waals surface area contributed by atoms with Crippen molar-refractivity contribution in [2.24, 2.45) is 7.05 Å². The number of H-pyrrole nitrogens is 1. The number of carboxylic acid groups (broad SMARTS) is 1. The Bertz CT molecular complexity index is 361. The number of unbranched alkanes of at least 4 members (excludes halogenated alkanes) is 7. The average Bonchev–Trinajstić information content (AvgIpc) is 2.87. The van der Waals surface area contributed by atoms with Crippen LogP contribution in [0.2, 0.25) is 0 Å². The van der Waals surface area contributed by atoms with Crippen LogP contribution in [-0.2, 0) is 18.3 Å². The van der Waals surface area contributed by atoms with Crippen molar-refractivity contribution in [3.8, 4) is 0 Å². The van der Waals surface area contributed by atoms with Crippen molar-refractivity contribution in [2.45, 2.75) is 78.1 Å². The van der Waals surface area contributed by atoms with Gasteiger partial charge in [0, 0.05) is 12.4 Å². The number of aromatic amines is 1. The monoisotopic (exact) mass is 296 g/mol. The van der Waals surface area contributed by atoms with Crippen LogP contribution in [0.25, 0.3) is 0 Å². The Morgan fingerprint density at radius 1 is 1.10 bits per heavy atom. The highest BCUT2D eigenvalue weighted by atomic mass is 16.4. The van der Waals surface area contributed by atoms with Crippen LogP contribution in [0.1, 0.15) is 77.5 Å². The Morgan fingerprint density at radius 2 is 1.67 bits per heavy atom. The summed E-state index contributed by atoms with van der Waals surface area (Å²) < 4.78 is 2.08. The summed E-state index contributed by atoms with van der Waals surface area (Å²) >= 11 is 0. The molecular weight excluding hydrogens is 264 g/mol. The van der Waals surface area contributed by atoms with Crippen molar-refractivity contribution in [3.63, 3.8) is 0 Å². The molecule has 4 nitrogen and oxygen atoms in total. The molecule has 0 amide bonds. The van der Waals surface area contributed by atoms with Gasteiger partial charge in [0.1, 0.15) is 12.4 Å². The van der Waals surface area contributed by atoms with E-state index in [1.165, 1.54) is 44.3 Å². The maximum atomic E-state index is 10.1. The van der Waals surface area contributed by atoms with Crippen molar-refractivity contribution >= 4 is 5.97 Å². The van der Waals surface area contributed by atoms with Crippen LogP contribution in [0.3, 0.4) is 0 Å². The summed E-state index contributed by atoms with van der Waals surface area (Å²) in [5, 5.41) is 10.1. The second-order valence-corrected chi connectivity index (χ2v) is 5.47. The van der Waals surface area contributed by atoms with Crippen molar-refractivity contribution in [2.75, 3.05) is 0 Å². The van der Waals surface area contributed by atoms with E-state index in [0.717, 1.165) is 19.3 Å². The van der Waals surface area contributed by atoms with E-state index < -0.39 is 5.97 Å². The SMILES string of the molecule is CCCCCCCCCCC(=O)[O-].CCc1[nH]cc[n+]1C. The maximum absolute atomic E-state index is 10.1. The topological polar surface area (TPSA) is 59.8 Å². The normalized spacial score (nSPS) is 10.0. The lowest BCUT2D eigenvalue weighted by Crippen LogP contribution is -2.29. The minimum atomic E-state index is -0.911. The molecule has 0 saturated heterocycles. The van der Waals surface area contributed by atoms with Gasteiger partial charge in [-0.2, -0.15) is 0 Å². The summed E-state index contributed by atoms with van der Waals surface area (Å²) in [4.78, 5) is 13.2. The van der Waals surface area contributed by atoms with Crippen LogP contribution in [0, 0.1) is 0 Å². The lowest BCUT2D eigenvalue weighted by Gasteiger charge is -2.02. The summed E-state index contributed by atoms with van der Waals surface area (Å²) in [6.07, 6.45) is 14.8. The first kappa shape index (κ1) is 19.7. The van der Waals surface area contributed by atoms with E-state index in [4.69, 9.17) is 0 Å². The van der Waals surface area contributed by atoms with Gasteiger partial charge in [-0.05, 0) is 12.8 Å². The van der Waals surface area contributed by atoms with Crippen LogP contribution in [0.15, 0.2) is 12.4 Å². The lowest BCUT2D eigenvalue weighted by molar-refractivity contribution is -0.677.